The van der Waals surface area contributed by atoms with E-state index in [1.165, 1.54) is 0 Å². The summed E-state index contributed by atoms with van der Waals surface area (Å²) >= 11 is 0. The second-order valence-corrected chi connectivity index (χ2v) is 3.34. The summed E-state index contributed by atoms with van der Waals surface area (Å²) in [6, 6.07) is 17.5. The highest BCUT2D eigenvalue weighted by molar-refractivity contribution is 5.41. The Balaban J connectivity index is 0.000000686. The van der Waals surface area contributed by atoms with Crippen LogP contribution < -0.4 is 10.5 Å². The molecule has 0 atom stereocenters. The molecule has 0 saturated carbocycles. The van der Waals surface area contributed by atoms with Crippen LogP contribution in [0.15, 0.2) is 54.6 Å². The summed E-state index contributed by atoms with van der Waals surface area (Å²) in [6.07, 6.45) is 0. The monoisotopic (exact) mass is 229 g/mol. The average molecular weight is 229 g/mol. The third-order valence-electron chi connectivity index (χ3n) is 2.13. The van der Waals surface area contributed by atoms with Gasteiger partial charge in [-0.05, 0) is 29.8 Å². The molecule has 0 fully saturated rings. The lowest BCUT2D eigenvalue weighted by Crippen LogP contribution is -1.95. The fourth-order valence-electron chi connectivity index (χ4n) is 1.30. The Morgan fingerprint density at radius 1 is 0.882 bits per heavy atom. The van der Waals surface area contributed by atoms with E-state index in [4.69, 9.17) is 10.5 Å². The molecule has 0 amide bonds. The van der Waals surface area contributed by atoms with Gasteiger partial charge in [0.1, 0.15) is 12.4 Å². The largest absolute Gasteiger partial charge is 0.489 e. The first-order valence-corrected chi connectivity index (χ1v) is 5.87. The Labute approximate surface area is 103 Å². The molecule has 0 aliphatic heterocycles. The zero-order valence-corrected chi connectivity index (χ0v) is 10.4. The van der Waals surface area contributed by atoms with Gasteiger partial charge in [-0.2, -0.15) is 0 Å². The number of ether oxygens (including phenoxy) is 1. The Hall–Kier alpha value is -1.96. The molecule has 2 aromatic rings. The van der Waals surface area contributed by atoms with Gasteiger partial charge in [0, 0.05) is 5.69 Å². The fraction of sp³-hybridized carbons (Fsp3) is 0.200. The van der Waals surface area contributed by atoms with Gasteiger partial charge >= 0.3 is 0 Å². The molecule has 0 aliphatic carbocycles. The van der Waals surface area contributed by atoms with Crippen molar-refractivity contribution in [2.24, 2.45) is 0 Å². The SMILES string of the molecule is CC.Nc1ccc(OCc2ccccc2)cc1. The summed E-state index contributed by atoms with van der Waals surface area (Å²) in [5.74, 6) is 0.841. The van der Waals surface area contributed by atoms with Crippen molar-refractivity contribution < 1.29 is 4.74 Å². The minimum atomic E-state index is 0.588. The minimum absolute atomic E-state index is 0.588. The first kappa shape index (κ1) is 13.1. The molecule has 0 aromatic heterocycles. The molecule has 2 rings (SSSR count). The lowest BCUT2D eigenvalue weighted by atomic mass is 10.2. The van der Waals surface area contributed by atoms with Crippen molar-refractivity contribution in [2.75, 3.05) is 5.73 Å². The van der Waals surface area contributed by atoms with Crippen LogP contribution in [0.4, 0.5) is 5.69 Å². The third kappa shape index (κ3) is 4.60. The second kappa shape index (κ2) is 7.34. The van der Waals surface area contributed by atoms with Gasteiger partial charge in [-0.3, -0.25) is 0 Å². The third-order valence-corrected chi connectivity index (χ3v) is 2.13. The molecule has 0 radical (unpaired) electrons. The summed E-state index contributed by atoms with van der Waals surface area (Å²) in [7, 11) is 0. The van der Waals surface area contributed by atoms with E-state index in [-0.39, 0.29) is 0 Å². The maximum absolute atomic E-state index is 5.59. The van der Waals surface area contributed by atoms with Gasteiger partial charge in [-0.25, -0.2) is 0 Å². The van der Waals surface area contributed by atoms with Crippen LogP contribution in [-0.4, -0.2) is 0 Å². The Morgan fingerprint density at radius 2 is 1.47 bits per heavy atom. The topological polar surface area (TPSA) is 35.2 Å². The normalized spacial score (nSPS) is 9.06. The maximum atomic E-state index is 5.59. The molecule has 0 saturated heterocycles. The number of nitrogen functional groups attached to an aromatic ring is 1. The molecular formula is C15H19NO. The average Bonchev–Trinajstić information content (AvgIpc) is 2.42. The van der Waals surface area contributed by atoms with Crippen LogP contribution in [0, 0.1) is 0 Å². The molecule has 90 valence electrons. The summed E-state index contributed by atoms with van der Waals surface area (Å²) in [4.78, 5) is 0. The predicted molar refractivity (Wildman–Crippen MR) is 73.0 cm³/mol. The molecule has 17 heavy (non-hydrogen) atoms. The van der Waals surface area contributed by atoms with Crippen LogP contribution in [0.5, 0.6) is 5.75 Å². The van der Waals surface area contributed by atoms with Gasteiger partial charge in [0.05, 0.1) is 0 Å². The summed E-state index contributed by atoms with van der Waals surface area (Å²) in [6.45, 7) is 4.59. The number of hydrogen-bond donors (Lipinski definition) is 1. The van der Waals surface area contributed by atoms with Crippen LogP contribution >= 0.6 is 0 Å². The number of hydrogen-bond acceptors (Lipinski definition) is 2. The first-order valence-electron chi connectivity index (χ1n) is 5.87. The van der Waals surface area contributed by atoms with Crippen LogP contribution in [0.1, 0.15) is 19.4 Å². The zero-order chi connectivity index (χ0) is 12.5. The van der Waals surface area contributed by atoms with E-state index in [9.17, 15) is 0 Å². The van der Waals surface area contributed by atoms with Crippen molar-refractivity contribution in [3.63, 3.8) is 0 Å². The lowest BCUT2D eigenvalue weighted by Gasteiger charge is -2.05. The van der Waals surface area contributed by atoms with Crippen molar-refractivity contribution in [3.8, 4) is 5.75 Å². The van der Waals surface area contributed by atoms with E-state index >= 15 is 0 Å². The molecule has 2 aromatic carbocycles. The van der Waals surface area contributed by atoms with E-state index in [2.05, 4.69) is 0 Å². The summed E-state index contributed by atoms with van der Waals surface area (Å²) < 4.78 is 5.59. The van der Waals surface area contributed by atoms with Crippen LogP contribution in [0.3, 0.4) is 0 Å². The van der Waals surface area contributed by atoms with Crippen LogP contribution in [0.2, 0.25) is 0 Å². The molecule has 0 unspecified atom stereocenters. The Bertz CT molecular complexity index is 409. The minimum Gasteiger partial charge on any atom is -0.489 e. The fourth-order valence-corrected chi connectivity index (χ4v) is 1.30. The van der Waals surface area contributed by atoms with E-state index in [0.29, 0.717) is 6.61 Å². The molecule has 0 bridgehead atoms. The van der Waals surface area contributed by atoms with Crippen molar-refractivity contribution in [3.05, 3.63) is 60.2 Å². The number of benzene rings is 2. The van der Waals surface area contributed by atoms with Crippen molar-refractivity contribution in [1.29, 1.82) is 0 Å². The molecule has 2 nitrogen and oxygen atoms in total. The van der Waals surface area contributed by atoms with Crippen molar-refractivity contribution >= 4 is 5.69 Å². The molecular weight excluding hydrogens is 210 g/mol. The van der Waals surface area contributed by atoms with E-state index in [1.54, 1.807) is 0 Å². The predicted octanol–water partition coefficient (Wildman–Crippen LogP) is 3.87. The quantitative estimate of drug-likeness (QED) is 0.811. The highest BCUT2D eigenvalue weighted by atomic mass is 16.5. The van der Waals surface area contributed by atoms with E-state index in [1.807, 2.05) is 68.4 Å². The van der Waals surface area contributed by atoms with Gasteiger partial charge < -0.3 is 10.5 Å². The number of nitrogens with two attached hydrogens (primary N) is 1. The highest BCUT2D eigenvalue weighted by Gasteiger charge is 1.94. The van der Waals surface area contributed by atoms with Gasteiger partial charge in [-0.15, -0.1) is 0 Å². The van der Waals surface area contributed by atoms with Gasteiger partial charge in [0.25, 0.3) is 0 Å². The van der Waals surface area contributed by atoms with Gasteiger partial charge in [0.15, 0.2) is 0 Å². The van der Waals surface area contributed by atoms with Crippen LogP contribution in [0.25, 0.3) is 0 Å². The Morgan fingerprint density at radius 3 is 2.06 bits per heavy atom. The van der Waals surface area contributed by atoms with Crippen LogP contribution in [-0.2, 0) is 6.61 Å². The molecule has 0 spiro atoms. The Kier molecular flexibility index (Phi) is 5.66. The first-order chi connectivity index (χ1) is 8.34. The molecule has 0 aliphatic rings. The summed E-state index contributed by atoms with van der Waals surface area (Å²) in [5.41, 5.74) is 7.49. The standard InChI is InChI=1S/C13H13NO.C2H6/c14-12-6-8-13(9-7-12)15-10-11-4-2-1-3-5-11;1-2/h1-9H,10,14H2;1-2H3. The van der Waals surface area contributed by atoms with Gasteiger partial charge in [-0.1, -0.05) is 44.2 Å². The molecule has 2 heteroatoms. The van der Waals surface area contributed by atoms with Gasteiger partial charge in [0.2, 0.25) is 0 Å². The maximum Gasteiger partial charge on any atom is 0.119 e. The highest BCUT2D eigenvalue weighted by Crippen LogP contribution is 2.14. The van der Waals surface area contributed by atoms with E-state index in [0.717, 1.165) is 17.0 Å². The van der Waals surface area contributed by atoms with Crippen molar-refractivity contribution in [1.82, 2.24) is 0 Å². The zero-order valence-electron chi connectivity index (χ0n) is 10.4. The van der Waals surface area contributed by atoms with Crippen molar-refractivity contribution in [2.45, 2.75) is 20.5 Å². The summed E-state index contributed by atoms with van der Waals surface area (Å²) in [5, 5.41) is 0. The molecule has 2 N–H and O–H groups in total. The van der Waals surface area contributed by atoms with E-state index < -0.39 is 0 Å². The second-order valence-electron chi connectivity index (χ2n) is 3.34. The lowest BCUT2D eigenvalue weighted by molar-refractivity contribution is 0.306. The number of rotatable bonds is 3. The smallest absolute Gasteiger partial charge is 0.119 e. The number of anilines is 1. The molecule has 0 heterocycles.